The molecule has 5 heteroatoms. The van der Waals surface area contributed by atoms with Gasteiger partial charge in [-0.15, -0.1) is 0 Å². The minimum atomic E-state index is 0.611. The predicted octanol–water partition coefficient (Wildman–Crippen LogP) is 3.09. The quantitative estimate of drug-likeness (QED) is 0.829. The summed E-state index contributed by atoms with van der Waals surface area (Å²) in [5.74, 6) is 0.698. The van der Waals surface area contributed by atoms with Crippen LogP contribution < -0.4 is 4.74 Å². The Balaban J connectivity index is 2.15. The van der Waals surface area contributed by atoms with Gasteiger partial charge in [0.25, 0.3) is 5.19 Å². The van der Waals surface area contributed by atoms with Crippen molar-refractivity contribution in [1.82, 2.24) is 9.97 Å². The zero-order valence-electron chi connectivity index (χ0n) is 6.48. The van der Waals surface area contributed by atoms with Crippen molar-refractivity contribution in [2.45, 2.75) is 0 Å². The average Bonchev–Trinajstić information content (AvgIpc) is 2.53. The monoisotopic (exact) mass is 256 g/mol. The average molecular weight is 257 g/mol. The van der Waals surface area contributed by atoms with Crippen LogP contribution in [0.5, 0.6) is 10.9 Å². The molecule has 0 aliphatic heterocycles. The topological polar surface area (TPSA) is 35.0 Å². The maximum atomic E-state index is 5.41. The highest BCUT2D eigenvalue weighted by Crippen LogP contribution is 2.28. The van der Waals surface area contributed by atoms with Gasteiger partial charge in [-0.05, 0) is 28.1 Å². The van der Waals surface area contributed by atoms with Gasteiger partial charge in [-0.25, -0.2) is 4.98 Å². The molecule has 0 bridgehead atoms. The Morgan fingerprint density at radius 2 is 2.31 bits per heavy atom. The lowest BCUT2D eigenvalue weighted by Crippen LogP contribution is -1.82. The van der Waals surface area contributed by atoms with Gasteiger partial charge < -0.3 is 4.74 Å². The Kier molecular flexibility index (Phi) is 2.56. The first-order valence-corrected chi connectivity index (χ1v) is 5.15. The third kappa shape index (κ3) is 2.26. The van der Waals surface area contributed by atoms with Crippen molar-refractivity contribution in [3.63, 3.8) is 0 Å². The molecular formula is C8H5BrN2OS. The minimum absolute atomic E-state index is 0.611. The molecule has 0 radical (unpaired) electrons. The fourth-order valence-electron chi connectivity index (χ4n) is 0.795. The summed E-state index contributed by atoms with van der Waals surface area (Å²) in [6, 6.07) is 3.65. The van der Waals surface area contributed by atoms with Crippen molar-refractivity contribution in [2.24, 2.45) is 0 Å². The van der Waals surface area contributed by atoms with Crippen molar-refractivity contribution in [1.29, 1.82) is 0 Å². The zero-order chi connectivity index (χ0) is 9.10. The molecule has 0 saturated carbocycles. The zero-order valence-corrected chi connectivity index (χ0v) is 8.88. The van der Waals surface area contributed by atoms with Crippen molar-refractivity contribution >= 4 is 27.3 Å². The second-order valence-electron chi connectivity index (χ2n) is 2.22. The van der Waals surface area contributed by atoms with E-state index in [-0.39, 0.29) is 0 Å². The normalized spacial score (nSPS) is 9.92. The van der Waals surface area contributed by atoms with E-state index in [2.05, 4.69) is 25.9 Å². The second-order valence-corrected chi connectivity index (χ2v) is 4.59. The molecule has 13 heavy (non-hydrogen) atoms. The standard InChI is InChI=1S/C8H5BrN2OS/c9-7-5-11-8(13-7)12-6-2-1-3-10-4-6/h1-5H. The van der Waals surface area contributed by atoms with Gasteiger partial charge in [-0.1, -0.05) is 11.3 Å². The van der Waals surface area contributed by atoms with E-state index >= 15 is 0 Å². The van der Waals surface area contributed by atoms with Crippen molar-refractivity contribution in [2.75, 3.05) is 0 Å². The number of halogens is 1. The Labute approximate surface area is 87.5 Å². The molecule has 0 saturated heterocycles. The van der Waals surface area contributed by atoms with Crippen molar-refractivity contribution < 1.29 is 4.74 Å². The fraction of sp³-hybridized carbons (Fsp3) is 0. The molecule has 2 rings (SSSR count). The Hall–Kier alpha value is -0.940. The molecule has 0 aromatic carbocycles. The third-order valence-electron chi connectivity index (χ3n) is 1.30. The first-order valence-electron chi connectivity index (χ1n) is 3.54. The van der Waals surface area contributed by atoms with E-state index in [1.807, 2.05) is 12.1 Å². The molecule has 2 aromatic rings. The van der Waals surface area contributed by atoms with Gasteiger partial charge in [0.05, 0.1) is 16.2 Å². The van der Waals surface area contributed by atoms with Crippen LogP contribution in [0.15, 0.2) is 34.5 Å². The van der Waals surface area contributed by atoms with Crippen LogP contribution in [0.3, 0.4) is 0 Å². The summed E-state index contributed by atoms with van der Waals surface area (Å²) < 4.78 is 6.36. The number of hydrogen-bond donors (Lipinski definition) is 0. The lowest BCUT2D eigenvalue weighted by molar-refractivity contribution is 0.476. The lowest BCUT2D eigenvalue weighted by Gasteiger charge is -1.98. The van der Waals surface area contributed by atoms with E-state index in [0.29, 0.717) is 10.9 Å². The van der Waals surface area contributed by atoms with Crippen LogP contribution >= 0.6 is 27.3 Å². The number of aromatic nitrogens is 2. The van der Waals surface area contributed by atoms with Crippen LogP contribution in [0.4, 0.5) is 0 Å². The summed E-state index contributed by atoms with van der Waals surface area (Å²) in [5, 5.41) is 0.611. The molecule has 2 aromatic heterocycles. The highest BCUT2D eigenvalue weighted by Gasteiger charge is 2.01. The molecule has 3 nitrogen and oxygen atoms in total. The molecule has 0 atom stereocenters. The van der Waals surface area contributed by atoms with Gasteiger partial charge in [0, 0.05) is 6.20 Å². The summed E-state index contributed by atoms with van der Waals surface area (Å²) in [4.78, 5) is 7.96. The third-order valence-corrected chi connectivity index (χ3v) is 2.65. The van der Waals surface area contributed by atoms with E-state index in [9.17, 15) is 0 Å². The molecule has 0 unspecified atom stereocenters. The number of ether oxygens (including phenoxy) is 1. The van der Waals surface area contributed by atoms with Crippen LogP contribution in [0.1, 0.15) is 0 Å². The molecule has 0 aliphatic carbocycles. The van der Waals surface area contributed by atoms with E-state index in [1.54, 1.807) is 18.6 Å². The SMILES string of the molecule is Brc1cnc(Oc2cccnc2)s1. The van der Waals surface area contributed by atoms with E-state index in [4.69, 9.17) is 4.74 Å². The molecule has 0 aliphatic rings. The molecule has 0 fully saturated rings. The molecule has 66 valence electrons. The maximum absolute atomic E-state index is 5.41. The van der Waals surface area contributed by atoms with E-state index < -0.39 is 0 Å². The molecule has 0 amide bonds. The van der Waals surface area contributed by atoms with Crippen LogP contribution in [0.25, 0.3) is 0 Å². The predicted molar refractivity (Wildman–Crippen MR) is 54.1 cm³/mol. The minimum Gasteiger partial charge on any atom is -0.429 e. The van der Waals surface area contributed by atoms with Crippen LogP contribution in [-0.2, 0) is 0 Å². The smallest absolute Gasteiger partial charge is 0.279 e. The summed E-state index contributed by atoms with van der Waals surface area (Å²) in [6.07, 6.45) is 5.05. The number of pyridine rings is 1. The van der Waals surface area contributed by atoms with Crippen molar-refractivity contribution in [3.05, 3.63) is 34.5 Å². The molecule has 0 spiro atoms. The van der Waals surface area contributed by atoms with Crippen LogP contribution in [0.2, 0.25) is 0 Å². The Morgan fingerprint density at radius 3 is 2.92 bits per heavy atom. The van der Waals surface area contributed by atoms with Crippen molar-refractivity contribution in [3.8, 4) is 10.9 Å². The van der Waals surface area contributed by atoms with Gasteiger partial charge in [0.15, 0.2) is 0 Å². The summed E-state index contributed by atoms with van der Waals surface area (Å²) in [5.41, 5.74) is 0. The van der Waals surface area contributed by atoms with Gasteiger partial charge in [0.1, 0.15) is 5.75 Å². The second kappa shape index (κ2) is 3.85. The first-order chi connectivity index (χ1) is 6.34. The van der Waals surface area contributed by atoms with Gasteiger partial charge in [-0.2, -0.15) is 0 Å². The molecular weight excluding hydrogens is 252 g/mol. The molecule has 0 N–H and O–H groups in total. The largest absolute Gasteiger partial charge is 0.429 e. The summed E-state index contributed by atoms with van der Waals surface area (Å²) in [6.45, 7) is 0. The summed E-state index contributed by atoms with van der Waals surface area (Å²) in [7, 11) is 0. The molecule has 2 heterocycles. The number of hydrogen-bond acceptors (Lipinski definition) is 4. The lowest BCUT2D eigenvalue weighted by atomic mass is 10.5. The highest BCUT2D eigenvalue weighted by molar-refractivity contribution is 9.11. The van der Waals surface area contributed by atoms with E-state index in [0.717, 1.165) is 3.79 Å². The fourth-order valence-corrected chi connectivity index (χ4v) is 1.83. The first kappa shape index (κ1) is 8.65. The summed E-state index contributed by atoms with van der Waals surface area (Å²) >= 11 is 4.74. The number of thiazole rings is 1. The Bertz CT molecular complexity index is 390. The number of rotatable bonds is 2. The Morgan fingerprint density at radius 1 is 1.38 bits per heavy atom. The maximum Gasteiger partial charge on any atom is 0.279 e. The highest BCUT2D eigenvalue weighted by atomic mass is 79.9. The van der Waals surface area contributed by atoms with Gasteiger partial charge >= 0.3 is 0 Å². The van der Waals surface area contributed by atoms with E-state index in [1.165, 1.54) is 11.3 Å². The van der Waals surface area contributed by atoms with Crippen LogP contribution in [-0.4, -0.2) is 9.97 Å². The number of nitrogens with zero attached hydrogens (tertiary/aromatic N) is 2. The van der Waals surface area contributed by atoms with Gasteiger partial charge in [-0.3, -0.25) is 4.98 Å². The van der Waals surface area contributed by atoms with Crippen LogP contribution in [0, 0.1) is 0 Å². The van der Waals surface area contributed by atoms with Gasteiger partial charge in [0.2, 0.25) is 0 Å².